The largest absolute Gasteiger partial charge is 0.369 e. The third kappa shape index (κ3) is 4.25. The summed E-state index contributed by atoms with van der Waals surface area (Å²) in [7, 11) is -3.89. The zero-order valence-corrected chi connectivity index (χ0v) is 13.2. The molecule has 1 aromatic rings. The van der Waals surface area contributed by atoms with E-state index in [1.807, 2.05) is 4.90 Å². The third-order valence-corrected chi connectivity index (χ3v) is 5.20. The maximum Gasteiger partial charge on any atom is 0.243 e. The van der Waals surface area contributed by atoms with Crippen molar-refractivity contribution in [1.29, 1.82) is 0 Å². The van der Waals surface area contributed by atoms with E-state index in [4.69, 9.17) is 5.73 Å². The van der Waals surface area contributed by atoms with E-state index in [2.05, 4.69) is 4.72 Å². The van der Waals surface area contributed by atoms with Crippen LogP contribution in [0.3, 0.4) is 0 Å². The molecule has 2 rings (SSSR count). The van der Waals surface area contributed by atoms with Crippen LogP contribution in [-0.4, -0.2) is 44.9 Å². The number of nitrogens with one attached hydrogen (secondary N) is 1. The van der Waals surface area contributed by atoms with Crippen molar-refractivity contribution in [2.45, 2.75) is 30.7 Å². The van der Waals surface area contributed by atoms with Crippen LogP contribution >= 0.6 is 0 Å². The van der Waals surface area contributed by atoms with Crippen LogP contribution in [0.15, 0.2) is 23.1 Å². The summed E-state index contributed by atoms with van der Waals surface area (Å²) in [6.07, 6.45) is 1.11. The zero-order chi connectivity index (χ0) is 16.3. The minimum atomic E-state index is -3.89. The highest BCUT2D eigenvalue weighted by Crippen LogP contribution is 2.18. The van der Waals surface area contributed by atoms with Gasteiger partial charge in [0.1, 0.15) is 10.7 Å². The topological polar surface area (TPSA) is 92.5 Å². The standard InChI is InChI=1S/C14H20FN3O3S/c1-10-2-3-12(15)13(8-10)22(20,21)17-11-4-6-18(7-5-11)9-14(16)19/h2-3,8,11,17H,4-7,9H2,1H3,(H2,16,19). The number of nitrogens with two attached hydrogens (primary N) is 1. The molecule has 0 bridgehead atoms. The number of aryl methyl sites for hydroxylation is 1. The quantitative estimate of drug-likeness (QED) is 0.816. The van der Waals surface area contributed by atoms with Crippen LogP contribution in [0.5, 0.6) is 0 Å². The van der Waals surface area contributed by atoms with E-state index in [0.29, 0.717) is 31.5 Å². The van der Waals surface area contributed by atoms with Crippen LogP contribution in [0.25, 0.3) is 0 Å². The minimum Gasteiger partial charge on any atom is -0.369 e. The fraction of sp³-hybridized carbons (Fsp3) is 0.500. The van der Waals surface area contributed by atoms with Crippen LogP contribution in [0.2, 0.25) is 0 Å². The lowest BCUT2D eigenvalue weighted by Gasteiger charge is -2.31. The number of likely N-dealkylation sites (tertiary alicyclic amines) is 1. The molecule has 6 nitrogen and oxygen atoms in total. The lowest BCUT2D eigenvalue weighted by molar-refractivity contribution is -0.119. The molecule has 0 aromatic heterocycles. The first-order valence-corrected chi connectivity index (χ1v) is 8.55. The molecule has 3 N–H and O–H groups in total. The van der Waals surface area contributed by atoms with Crippen molar-refractivity contribution in [2.75, 3.05) is 19.6 Å². The first-order valence-electron chi connectivity index (χ1n) is 7.07. The van der Waals surface area contributed by atoms with E-state index >= 15 is 0 Å². The highest BCUT2D eigenvalue weighted by atomic mass is 32.2. The Hall–Kier alpha value is -1.51. The number of primary amides is 1. The van der Waals surface area contributed by atoms with Gasteiger partial charge in [-0.3, -0.25) is 9.69 Å². The number of benzene rings is 1. The summed E-state index contributed by atoms with van der Waals surface area (Å²) in [5.74, 6) is -1.16. The number of piperidine rings is 1. The molecule has 22 heavy (non-hydrogen) atoms. The molecule has 0 radical (unpaired) electrons. The number of hydrogen-bond donors (Lipinski definition) is 2. The molecule has 1 amide bonds. The summed E-state index contributed by atoms with van der Waals surface area (Å²) in [5.41, 5.74) is 5.81. The SMILES string of the molecule is Cc1ccc(F)c(S(=O)(=O)NC2CCN(CC(N)=O)CC2)c1. The van der Waals surface area contributed by atoms with Gasteiger partial charge in [0.15, 0.2) is 0 Å². The molecule has 8 heteroatoms. The van der Waals surface area contributed by atoms with Gasteiger partial charge in [-0.25, -0.2) is 17.5 Å². The zero-order valence-electron chi connectivity index (χ0n) is 12.4. The third-order valence-electron chi connectivity index (χ3n) is 3.67. The summed E-state index contributed by atoms with van der Waals surface area (Å²) in [4.78, 5) is 12.4. The Morgan fingerprint density at radius 2 is 2.05 bits per heavy atom. The number of carbonyl (C=O) groups excluding carboxylic acids is 1. The van der Waals surface area contributed by atoms with Gasteiger partial charge in [-0.1, -0.05) is 6.07 Å². The predicted molar refractivity (Wildman–Crippen MR) is 80.1 cm³/mol. The van der Waals surface area contributed by atoms with Gasteiger partial charge >= 0.3 is 0 Å². The smallest absolute Gasteiger partial charge is 0.243 e. The number of halogens is 1. The lowest BCUT2D eigenvalue weighted by atomic mass is 10.1. The van der Waals surface area contributed by atoms with Gasteiger partial charge < -0.3 is 5.73 Å². The summed E-state index contributed by atoms with van der Waals surface area (Å²) in [6.45, 7) is 3.03. The molecule has 1 aromatic carbocycles. The molecule has 1 aliphatic rings. The van der Waals surface area contributed by atoms with Gasteiger partial charge in [-0.15, -0.1) is 0 Å². The Morgan fingerprint density at radius 1 is 1.41 bits per heavy atom. The van der Waals surface area contributed by atoms with E-state index in [1.165, 1.54) is 12.1 Å². The van der Waals surface area contributed by atoms with Crippen molar-refractivity contribution in [3.8, 4) is 0 Å². The van der Waals surface area contributed by atoms with E-state index in [-0.39, 0.29) is 17.5 Å². The van der Waals surface area contributed by atoms with Crippen LogP contribution in [-0.2, 0) is 14.8 Å². The molecule has 122 valence electrons. The average Bonchev–Trinajstić information content (AvgIpc) is 2.43. The van der Waals surface area contributed by atoms with E-state index in [9.17, 15) is 17.6 Å². The van der Waals surface area contributed by atoms with Crippen molar-refractivity contribution >= 4 is 15.9 Å². The van der Waals surface area contributed by atoms with Gasteiger partial charge in [0.2, 0.25) is 15.9 Å². The highest BCUT2D eigenvalue weighted by molar-refractivity contribution is 7.89. The second kappa shape index (κ2) is 6.72. The molecular weight excluding hydrogens is 309 g/mol. The van der Waals surface area contributed by atoms with Crippen molar-refractivity contribution in [2.24, 2.45) is 5.73 Å². The van der Waals surface area contributed by atoms with Crippen molar-refractivity contribution < 1.29 is 17.6 Å². The second-order valence-electron chi connectivity index (χ2n) is 5.57. The molecule has 1 saturated heterocycles. The van der Waals surface area contributed by atoms with Gasteiger partial charge in [-0.2, -0.15) is 0 Å². The molecular formula is C14H20FN3O3S. The number of amides is 1. The second-order valence-corrected chi connectivity index (χ2v) is 7.25. The number of hydrogen-bond acceptors (Lipinski definition) is 4. The Kier molecular flexibility index (Phi) is 5.15. The molecule has 1 fully saturated rings. The van der Waals surface area contributed by atoms with E-state index in [1.54, 1.807) is 6.92 Å². The monoisotopic (exact) mass is 329 g/mol. The number of sulfonamides is 1. The number of carbonyl (C=O) groups is 1. The summed E-state index contributed by atoms with van der Waals surface area (Å²) in [5, 5.41) is 0. The number of rotatable bonds is 5. The summed E-state index contributed by atoms with van der Waals surface area (Å²) in [6, 6.07) is 3.73. The van der Waals surface area contributed by atoms with Crippen molar-refractivity contribution in [1.82, 2.24) is 9.62 Å². The van der Waals surface area contributed by atoms with Gasteiger partial charge in [0.05, 0.1) is 6.54 Å². The predicted octanol–water partition coefficient (Wildman–Crippen LogP) is 0.362. The lowest BCUT2D eigenvalue weighted by Crippen LogP contribution is -2.46. The van der Waals surface area contributed by atoms with Gasteiger partial charge in [-0.05, 0) is 37.5 Å². The van der Waals surface area contributed by atoms with Gasteiger partial charge in [0, 0.05) is 19.1 Å². The molecule has 0 unspecified atom stereocenters. The molecule has 0 saturated carbocycles. The van der Waals surface area contributed by atoms with Crippen molar-refractivity contribution in [3.05, 3.63) is 29.6 Å². The fourth-order valence-corrected chi connectivity index (χ4v) is 4.00. The fourth-order valence-electron chi connectivity index (χ4n) is 2.53. The maximum atomic E-state index is 13.7. The molecule has 0 atom stereocenters. The Labute approximate surface area is 129 Å². The molecule has 1 aliphatic heterocycles. The Balaban J connectivity index is 2.02. The maximum absolute atomic E-state index is 13.7. The number of nitrogens with zero attached hydrogens (tertiary/aromatic N) is 1. The Bertz CT molecular complexity index is 655. The van der Waals surface area contributed by atoms with Crippen LogP contribution in [0.4, 0.5) is 4.39 Å². The van der Waals surface area contributed by atoms with Crippen molar-refractivity contribution in [3.63, 3.8) is 0 Å². The normalized spacial score (nSPS) is 17.5. The van der Waals surface area contributed by atoms with E-state index < -0.39 is 21.7 Å². The van der Waals surface area contributed by atoms with Crippen LogP contribution < -0.4 is 10.5 Å². The van der Waals surface area contributed by atoms with Gasteiger partial charge in [0.25, 0.3) is 0 Å². The molecule has 1 heterocycles. The van der Waals surface area contributed by atoms with Crippen LogP contribution in [0.1, 0.15) is 18.4 Å². The van der Waals surface area contributed by atoms with E-state index in [0.717, 1.165) is 6.07 Å². The first kappa shape index (κ1) is 16.9. The first-order chi connectivity index (χ1) is 10.3. The molecule has 0 aliphatic carbocycles. The Morgan fingerprint density at radius 3 is 2.64 bits per heavy atom. The summed E-state index contributed by atoms with van der Waals surface area (Å²) >= 11 is 0. The average molecular weight is 329 g/mol. The molecule has 0 spiro atoms. The van der Waals surface area contributed by atoms with Crippen LogP contribution in [0, 0.1) is 12.7 Å². The summed E-state index contributed by atoms with van der Waals surface area (Å²) < 4.78 is 40.9. The highest BCUT2D eigenvalue weighted by Gasteiger charge is 2.26. The minimum absolute atomic E-state index is 0.173.